The van der Waals surface area contributed by atoms with E-state index in [1.165, 1.54) is 0 Å². The molecule has 0 fully saturated rings. The maximum Gasteiger partial charge on any atom is 0.236 e. The van der Waals surface area contributed by atoms with Gasteiger partial charge in [-0.3, -0.25) is 4.79 Å². The van der Waals surface area contributed by atoms with Crippen LogP contribution in [0.4, 0.5) is 5.82 Å². The SMILES string of the molecule is NC(=O)CNc1nccc2cc3c(cc12)OCCO3. The topological polar surface area (TPSA) is 86.5 Å². The number of nitrogens with two attached hydrogens (primary N) is 1. The first-order valence-electron chi connectivity index (χ1n) is 5.94. The van der Waals surface area contributed by atoms with Crippen molar-refractivity contribution in [2.45, 2.75) is 0 Å². The summed E-state index contributed by atoms with van der Waals surface area (Å²) in [7, 11) is 0. The Morgan fingerprint density at radius 3 is 2.79 bits per heavy atom. The summed E-state index contributed by atoms with van der Waals surface area (Å²) in [5, 5.41) is 4.74. The molecule has 3 rings (SSSR count). The third-order valence-corrected chi connectivity index (χ3v) is 2.86. The Morgan fingerprint density at radius 1 is 1.32 bits per heavy atom. The van der Waals surface area contributed by atoms with Crippen molar-refractivity contribution in [2.24, 2.45) is 5.73 Å². The predicted molar refractivity (Wildman–Crippen MR) is 70.4 cm³/mol. The highest BCUT2D eigenvalue weighted by atomic mass is 16.6. The minimum absolute atomic E-state index is 0.0422. The molecule has 0 spiro atoms. The van der Waals surface area contributed by atoms with Crippen LogP contribution in [-0.2, 0) is 4.79 Å². The van der Waals surface area contributed by atoms with Crippen LogP contribution in [0.5, 0.6) is 11.5 Å². The summed E-state index contributed by atoms with van der Waals surface area (Å²) < 4.78 is 11.1. The molecular formula is C13H13N3O3. The molecule has 1 aromatic heterocycles. The standard InChI is InChI=1S/C13H13N3O3/c14-12(17)7-16-13-9-6-11-10(18-3-4-19-11)5-8(9)1-2-15-13/h1-2,5-6H,3-4,7H2,(H2,14,17)(H,15,16). The van der Waals surface area contributed by atoms with Gasteiger partial charge in [-0.2, -0.15) is 0 Å². The van der Waals surface area contributed by atoms with Crippen molar-refractivity contribution < 1.29 is 14.3 Å². The summed E-state index contributed by atoms with van der Waals surface area (Å²) in [6.07, 6.45) is 1.67. The first-order chi connectivity index (χ1) is 9.24. The lowest BCUT2D eigenvalue weighted by atomic mass is 10.1. The number of amides is 1. The van der Waals surface area contributed by atoms with Gasteiger partial charge in [-0.25, -0.2) is 4.98 Å². The number of fused-ring (bicyclic) bond motifs is 2. The largest absolute Gasteiger partial charge is 0.486 e. The Hall–Kier alpha value is -2.50. The molecule has 1 aromatic carbocycles. The van der Waals surface area contributed by atoms with Crippen LogP contribution < -0.4 is 20.5 Å². The molecule has 3 N–H and O–H groups in total. The Bertz CT molecular complexity index is 642. The van der Waals surface area contributed by atoms with Crippen molar-refractivity contribution in [3.63, 3.8) is 0 Å². The first kappa shape index (κ1) is 11.6. The molecule has 0 bridgehead atoms. The zero-order chi connectivity index (χ0) is 13.2. The molecule has 0 aliphatic carbocycles. The smallest absolute Gasteiger partial charge is 0.236 e. The van der Waals surface area contributed by atoms with Gasteiger partial charge in [0.15, 0.2) is 11.5 Å². The number of nitrogens with zero attached hydrogens (tertiary/aromatic N) is 1. The van der Waals surface area contributed by atoms with Gasteiger partial charge in [0.2, 0.25) is 5.91 Å². The molecule has 19 heavy (non-hydrogen) atoms. The van der Waals surface area contributed by atoms with E-state index < -0.39 is 5.91 Å². The van der Waals surface area contributed by atoms with Crippen LogP contribution in [0.1, 0.15) is 0 Å². The summed E-state index contributed by atoms with van der Waals surface area (Å²) in [6, 6.07) is 5.64. The van der Waals surface area contributed by atoms with Gasteiger partial charge in [0.25, 0.3) is 0 Å². The second-order valence-electron chi connectivity index (χ2n) is 4.20. The van der Waals surface area contributed by atoms with Gasteiger partial charge in [0, 0.05) is 11.6 Å². The van der Waals surface area contributed by atoms with E-state index in [-0.39, 0.29) is 6.54 Å². The number of aromatic nitrogens is 1. The lowest BCUT2D eigenvalue weighted by Crippen LogP contribution is -2.22. The average molecular weight is 259 g/mol. The third kappa shape index (κ3) is 2.24. The fourth-order valence-corrected chi connectivity index (χ4v) is 2.02. The number of hydrogen-bond acceptors (Lipinski definition) is 5. The first-order valence-corrected chi connectivity index (χ1v) is 5.94. The molecule has 1 amide bonds. The molecule has 1 aliphatic heterocycles. The quantitative estimate of drug-likeness (QED) is 0.855. The molecule has 1 aliphatic rings. The summed E-state index contributed by atoms with van der Waals surface area (Å²) >= 11 is 0. The van der Waals surface area contributed by atoms with Crippen LogP contribution in [0, 0.1) is 0 Å². The maximum atomic E-state index is 10.8. The van der Waals surface area contributed by atoms with Gasteiger partial charge >= 0.3 is 0 Å². The fraction of sp³-hybridized carbons (Fsp3) is 0.231. The van der Waals surface area contributed by atoms with Crippen molar-refractivity contribution in [1.29, 1.82) is 0 Å². The van der Waals surface area contributed by atoms with E-state index >= 15 is 0 Å². The summed E-state index contributed by atoms with van der Waals surface area (Å²) in [4.78, 5) is 15.0. The van der Waals surface area contributed by atoms with Gasteiger partial charge in [0.05, 0.1) is 6.54 Å². The highest BCUT2D eigenvalue weighted by Crippen LogP contribution is 2.36. The highest BCUT2D eigenvalue weighted by Gasteiger charge is 2.14. The molecule has 6 heteroatoms. The number of carbonyl (C=O) groups is 1. The van der Waals surface area contributed by atoms with E-state index in [0.29, 0.717) is 24.8 Å². The molecule has 0 atom stereocenters. The van der Waals surface area contributed by atoms with Crippen LogP contribution >= 0.6 is 0 Å². The minimum Gasteiger partial charge on any atom is -0.486 e. The highest BCUT2D eigenvalue weighted by molar-refractivity contribution is 5.95. The van der Waals surface area contributed by atoms with Crippen molar-refractivity contribution in [3.8, 4) is 11.5 Å². The monoisotopic (exact) mass is 259 g/mol. The molecular weight excluding hydrogens is 246 g/mol. The van der Waals surface area contributed by atoms with E-state index in [0.717, 1.165) is 16.5 Å². The zero-order valence-corrected chi connectivity index (χ0v) is 10.2. The number of benzene rings is 1. The normalized spacial score (nSPS) is 13.3. The second kappa shape index (κ2) is 4.64. The van der Waals surface area contributed by atoms with E-state index in [4.69, 9.17) is 15.2 Å². The number of primary amides is 1. The number of hydrogen-bond donors (Lipinski definition) is 2. The minimum atomic E-state index is -0.434. The lowest BCUT2D eigenvalue weighted by Gasteiger charge is -2.19. The summed E-state index contributed by atoms with van der Waals surface area (Å²) in [5.41, 5.74) is 5.12. The lowest BCUT2D eigenvalue weighted by molar-refractivity contribution is -0.116. The number of rotatable bonds is 3. The van der Waals surface area contributed by atoms with Gasteiger partial charge in [-0.05, 0) is 23.6 Å². The summed E-state index contributed by atoms with van der Waals surface area (Å²) in [5.74, 6) is 1.59. The van der Waals surface area contributed by atoms with Crippen LogP contribution in [0.3, 0.4) is 0 Å². The van der Waals surface area contributed by atoms with Gasteiger partial charge in [-0.1, -0.05) is 0 Å². The molecule has 6 nitrogen and oxygen atoms in total. The van der Waals surface area contributed by atoms with E-state index in [1.54, 1.807) is 6.20 Å². The maximum absolute atomic E-state index is 10.8. The fourth-order valence-electron chi connectivity index (χ4n) is 2.02. The molecule has 0 saturated carbocycles. The molecule has 0 saturated heterocycles. The number of ether oxygens (including phenoxy) is 2. The van der Waals surface area contributed by atoms with Crippen molar-refractivity contribution in [1.82, 2.24) is 4.98 Å². The predicted octanol–water partition coefficient (Wildman–Crippen LogP) is 0.903. The Morgan fingerprint density at radius 2 is 2.05 bits per heavy atom. The molecule has 98 valence electrons. The Balaban J connectivity index is 2.05. The number of carbonyl (C=O) groups excluding carboxylic acids is 1. The second-order valence-corrected chi connectivity index (χ2v) is 4.20. The van der Waals surface area contributed by atoms with Crippen molar-refractivity contribution in [3.05, 3.63) is 24.4 Å². The Kier molecular flexibility index (Phi) is 2.83. The van der Waals surface area contributed by atoms with Crippen molar-refractivity contribution in [2.75, 3.05) is 25.1 Å². The molecule has 2 aromatic rings. The van der Waals surface area contributed by atoms with Gasteiger partial charge in [-0.15, -0.1) is 0 Å². The van der Waals surface area contributed by atoms with Crippen LogP contribution in [0.25, 0.3) is 10.8 Å². The molecule has 2 heterocycles. The van der Waals surface area contributed by atoms with Crippen molar-refractivity contribution >= 4 is 22.5 Å². The number of pyridine rings is 1. The van der Waals surface area contributed by atoms with E-state index in [1.807, 2.05) is 18.2 Å². The zero-order valence-electron chi connectivity index (χ0n) is 10.2. The van der Waals surface area contributed by atoms with E-state index in [9.17, 15) is 4.79 Å². The summed E-state index contributed by atoms with van der Waals surface area (Å²) in [6.45, 7) is 1.12. The number of nitrogens with one attached hydrogen (secondary N) is 1. The van der Waals surface area contributed by atoms with E-state index in [2.05, 4.69) is 10.3 Å². The van der Waals surface area contributed by atoms with Gasteiger partial charge < -0.3 is 20.5 Å². The molecule has 0 radical (unpaired) electrons. The average Bonchev–Trinajstić information content (AvgIpc) is 2.42. The number of anilines is 1. The molecule has 0 unspecified atom stereocenters. The Labute approximate surface area is 109 Å². The van der Waals surface area contributed by atoms with Crippen LogP contribution in [-0.4, -0.2) is 30.6 Å². The van der Waals surface area contributed by atoms with Crippen LogP contribution in [0.2, 0.25) is 0 Å². The van der Waals surface area contributed by atoms with Gasteiger partial charge in [0.1, 0.15) is 19.0 Å². The van der Waals surface area contributed by atoms with Crippen LogP contribution in [0.15, 0.2) is 24.4 Å². The third-order valence-electron chi connectivity index (χ3n) is 2.86.